The molecule has 4 bridgehead atoms. The highest BCUT2D eigenvalue weighted by Crippen LogP contribution is 2.67. The summed E-state index contributed by atoms with van der Waals surface area (Å²) in [5.41, 5.74) is -1.18. The average molecular weight is 791 g/mol. The molecule has 0 N–H and O–H groups in total. The van der Waals surface area contributed by atoms with E-state index in [1.807, 2.05) is 20.8 Å². The maximum absolute atomic E-state index is 12.6. The van der Waals surface area contributed by atoms with E-state index < -0.39 is 78.0 Å². The highest BCUT2D eigenvalue weighted by Gasteiger charge is 2.65. The van der Waals surface area contributed by atoms with Crippen LogP contribution in [0.3, 0.4) is 0 Å². The van der Waals surface area contributed by atoms with E-state index in [-0.39, 0.29) is 17.0 Å². The molecule has 0 aromatic rings. The molecule has 55 heavy (non-hydrogen) atoms. The number of rotatable bonds is 9. The molecule has 0 radical (unpaired) electrons. The molecule has 3 aliphatic heterocycles. The molecule has 0 aromatic heterocycles. The van der Waals surface area contributed by atoms with Gasteiger partial charge in [-0.25, -0.2) is 4.79 Å². The number of alkyl halides is 3. The number of carbonyl (C=O) groups is 4. The lowest BCUT2D eigenvalue weighted by Crippen LogP contribution is -2.60. The van der Waals surface area contributed by atoms with Gasteiger partial charge in [-0.3, -0.25) is 14.4 Å². The van der Waals surface area contributed by atoms with Crippen molar-refractivity contribution >= 4 is 23.9 Å². The normalized spacial score (nSPS) is 35.7. The SMILES string of the molecule is CCC(C)(C)C(=O)OC12CC3CC(C)(CC(C)(C3)C1)C2.CCC(C)(C)C(=O)OC1C(=O)OC2C3OC(C)(C)OC3OC12.CCC(C)(C)C(=O)OCC(F)(F)F. The molecule has 11 nitrogen and oxygen atoms in total. The number of carbonyl (C=O) groups excluding carboxylic acids is 4. The molecule has 7 fully saturated rings. The molecule has 0 amide bonds. The summed E-state index contributed by atoms with van der Waals surface area (Å²) in [5.74, 6) is -1.84. The lowest BCUT2D eigenvalue weighted by molar-refractivity contribution is -0.222. The van der Waals surface area contributed by atoms with Gasteiger partial charge in [-0.05, 0) is 130 Å². The van der Waals surface area contributed by atoms with E-state index in [2.05, 4.69) is 25.5 Å². The third-order valence-corrected chi connectivity index (χ3v) is 12.6. The zero-order valence-corrected chi connectivity index (χ0v) is 35.2. The van der Waals surface area contributed by atoms with E-state index in [9.17, 15) is 32.3 Å². The van der Waals surface area contributed by atoms with E-state index in [1.165, 1.54) is 19.3 Å². The van der Waals surface area contributed by atoms with Crippen molar-refractivity contribution in [3.05, 3.63) is 0 Å². The molecule has 7 unspecified atom stereocenters. The first-order chi connectivity index (χ1) is 24.9. The summed E-state index contributed by atoms with van der Waals surface area (Å²) in [6.45, 7) is 23.2. The summed E-state index contributed by atoms with van der Waals surface area (Å²) in [4.78, 5) is 47.8. The van der Waals surface area contributed by atoms with Crippen LogP contribution in [0.15, 0.2) is 0 Å². The fourth-order valence-electron chi connectivity index (χ4n) is 9.17. The van der Waals surface area contributed by atoms with Crippen LogP contribution < -0.4 is 0 Å². The number of halogens is 3. The van der Waals surface area contributed by atoms with E-state index >= 15 is 0 Å². The summed E-state index contributed by atoms with van der Waals surface area (Å²) in [6, 6.07) is 0. The minimum Gasteiger partial charge on any atom is -0.459 e. The van der Waals surface area contributed by atoms with E-state index in [4.69, 9.17) is 28.4 Å². The van der Waals surface area contributed by atoms with Crippen LogP contribution in [0.25, 0.3) is 0 Å². The minimum atomic E-state index is -4.44. The number of ether oxygens (including phenoxy) is 7. The van der Waals surface area contributed by atoms with Gasteiger partial charge in [0.15, 0.2) is 30.9 Å². The first-order valence-electron chi connectivity index (χ1n) is 19.8. The van der Waals surface area contributed by atoms with Crippen molar-refractivity contribution in [2.45, 2.75) is 196 Å². The third kappa shape index (κ3) is 10.4. The van der Waals surface area contributed by atoms with Crippen molar-refractivity contribution in [3.63, 3.8) is 0 Å². The summed E-state index contributed by atoms with van der Waals surface area (Å²) in [7, 11) is 0. The second-order valence-corrected chi connectivity index (χ2v) is 19.9. The van der Waals surface area contributed by atoms with Crippen LogP contribution in [-0.2, 0) is 52.3 Å². The third-order valence-electron chi connectivity index (χ3n) is 12.6. The molecule has 7 rings (SSSR count). The number of hydrogen-bond donors (Lipinski definition) is 0. The van der Waals surface area contributed by atoms with Gasteiger partial charge in [0.2, 0.25) is 6.10 Å². The quantitative estimate of drug-likeness (QED) is 0.165. The van der Waals surface area contributed by atoms with Crippen LogP contribution in [0, 0.1) is 33.0 Å². The van der Waals surface area contributed by atoms with Crippen LogP contribution in [0.1, 0.15) is 148 Å². The van der Waals surface area contributed by atoms with Gasteiger partial charge in [0.25, 0.3) is 0 Å². The second-order valence-electron chi connectivity index (χ2n) is 19.9. The Labute approximate surface area is 324 Å². The van der Waals surface area contributed by atoms with Crippen molar-refractivity contribution in [2.24, 2.45) is 33.0 Å². The van der Waals surface area contributed by atoms with Gasteiger partial charge in [0.1, 0.15) is 11.7 Å². The van der Waals surface area contributed by atoms with Crippen molar-refractivity contribution in [1.29, 1.82) is 0 Å². The first-order valence-corrected chi connectivity index (χ1v) is 19.8. The van der Waals surface area contributed by atoms with Crippen molar-refractivity contribution in [2.75, 3.05) is 6.61 Å². The lowest BCUT2D eigenvalue weighted by atomic mass is 9.43. The molecule has 7 aliphatic rings. The van der Waals surface area contributed by atoms with Gasteiger partial charge in [-0.15, -0.1) is 0 Å². The Hall–Kier alpha value is -2.45. The minimum absolute atomic E-state index is 0.0224. The van der Waals surface area contributed by atoms with E-state index in [1.54, 1.807) is 48.5 Å². The molecule has 0 spiro atoms. The highest BCUT2D eigenvalue weighted by molar-refractivity contribution is 5.84. The molecule has 3 saturated heterocycles. The monoisotopic (exact) mass is 790 g/mol. The standard InChI is InChI=1S/C18H30O2.C15H22O7.C8H13F3O2/c1-6-15(2,3)14(19)20-18-9-13-7-16(4,11-18)10-17(5,8-13)12-18;1-6-14(2,3)13(17)20-9-7-8(18-11(9)16)10-12(19-7)22-15(4,5)21-10;1-4-7(2,3)6(12)13-5-8(9,10)11/h13H,6-12H2,1-5H3;7-10,12H,6H2,1-5H3;4-5H2,1-3H3. The molecule has 0 aromatic carbocycles. The Morgan fingerprint density at radius 3 is 1.71 bits per heavy atom. The van der Waals surface area contributed by atoms with Gasteiger partial charge >= 0.3 is 30.1 Å². The topological polar surface area (TPSA) is 133 Å². The van der Waals surface area contributed by atoms with Gasteiger partial charge in [-0.2, -0.15) is 13.2 Å². The zero-order valence-electron chi connectivity index (χ0n) is 35.2. The molecule has 4 saturated carbocycles. The Kier molecular flexibility index (Phi) is 12.7. The summed E-state index contributed by atoms with van der Waals surface area (Å²) in [5, 5.41) is 0. The maximum Gasteiger partial charge on any atom is 0.422 e. The Bertz CT molecular complexity index is 1430. The number of fused-ring (bicyclic) bond motifs is 3. The van der Waals surface area contributed by atoms with Crippen LogP contribution in [0.5, 0.6) is 0 Å². The van der Waals surface area contributed by atoms with Gasteiger partial charge in [-0.1, -0.05) is 34.6 Å². The summed E-state index contributed by atoms with van der Waals surface area (Å²) < 4.78 is 72.9. The Morgan fingerprint density at radius 1 is 0.709 bits per heavy atom. The largest absolute Gasteiger partial charge is 0.459 e. The fraction of sp³-hybridized carbons (Fsp3) is 0.902. The fourth-order valence-corrected chi connectivity index (χ4v) is 9.17. The maximum atomic E-state index is 12.6. The van der Waals surface area contributed by atoms with E-state index in [0.717, 1.165) is 31.6 Å². The molecular weight excluding hydrogens is 725 g/mol. The predicted octanol–water partition coefficient (Wildman–Crippen LogP) is 8.38. The Balaban J connectivity index is 0.000000190. The van der Waals surface area contributed by atoms with Crippen LogP contribution in [0.4, 0.5) is 13.2 Å². The van der Waals surface area contributed by atoms with Crippen molar-refractivity contribution in [3.8, 4) is 0 Å². The second kappa shape index (κ2) is 15.4. The molecule has 14 heteroatoms. The zero-order chi connectivity index (χ0) is 41.8. The van der Waals surface area contributed by atoms with Gasteiger partial charge < -0.3 is 33.2 Å². The lowest BCUT2D eigenvalue weighted by Gasteiger charge is -2.64. The molecule has 4 aliphatic carbocycles. The van der Waals surface area contributed by atoms with Crippen LogP contribution in [-0.4, -0.2) is 78.8 Å². The molecule has 316 valence electrons. The van der Waals surface area contributed by atoms with Gasteiger partial charge in [0.05, 0.1) is 16.2 Å². The smallest absolute Gasteiger partial charge is 0.422 e. The van der Waals surface area contributed by atoms with E-state index in [0.29, 0.717) is 23.7 Å². The van der Waals surface area contributed by atoms with Crippen LogP contribution in [0.2, 0.25) is 0 Å². The highest BCUT2D eigenvalue weighted by atomic mass is 19.4. The number of hydrogen-bond acceptors (Lipinski definition) is 11. The number of esters is 4. The molecular formula is C41H65F3O11. The van der Waals surface area contributed by atoms with Crippen molar-refractivity contribution in [1.82, 2.24) is 0 Å². The van der Waals surface area contributed by atoms with Crippen LogP contribution >= 0.6 is 0 Å². The predicted molar refractivity (Wildman–Crippen MR) is 194 cm³/mol. The summed E-state index contributed by atoms with van der Waals surface area (Å²) >= 11 is 0. The molecule has 3 heterocycles. The summed E-state index contributed by atoms with van der Waals surface area (Å²) in [6.07, 6.45) is 1.31. The van der Waals surface area contributed by atoms with Gasteiger partial charge in [0, 0.05) is 0 Å². The first kappa shape index (κ1) is 45.3. The average Bonchev–Trinajstić information content (AvgIpc) is 3.62. The molecule has 7 atom stereocenters. The van der Waals surface area contributed by atoms with Crippen molar-refractivity contribution < 1.29 is 65.5 Å². The Morgan fingerprint density at radius 2 is 1.22 bits per heavy atom.